The van der Waals surface area contributed by atoms with Gasteiger partial charge in [0.15, 0.2) is 5.82 Å². The van der Waals surface area contributed by atoms with Crippen molar-refractivity contribution in [3.63, 3.8) is 0 Å². The topological polar surface area (TPSA) is 70.7 Å². The Bertz CT molecular complexity index is 494. The number of H-pyrrole nitrogens is 1. The van der Waals surface area contributed by atoms with Gasteiger partial charge in [0.25, 0.3) is 5.56 Å². The van der Waals surface area contributed by atoms with Crippen molar-refractivity contribution >= 4 is 17.2 Å². The molecular formula is C10H12N4OS. The van der Waals surface area contributed by atoms with E-state index < -0.39 is 0 Å². The van der Waals surface area contributed by atoms with Crippen molar-refractivity contribution in [1.29, 1.82) is 0 Å². The van der Waals surface area contributed by atoms with Gasteiger partial charge in [-0.3, -0.25) is 4.79 Å². The number of anilines is 1. The summed E-state index contributed by atoms with van der Waals surface area (Å²) in [5.74, 6) is 0.618. The highest BCUT2D eigenvalue weighted by atomic mass is 32.1. The first-order valence-electron chi connectivity index (χ1n) is 4.94. The van der Waals surface area contributed by atoms with E-state index >= 15 is 0 Å². The molecule has 6 heteroatoms. The molecule has 2 rings (SSSR count). The minimum Gasteiger partial charge on any atom is -0.365 e. The van der Waals surface area contributed by atoms with Crippen LogP contribution in [0.5, 0.6) is 0 Å². The third kappa shape index (κ3) is 2.46. The van der Waals surface area contributed by atoms with Crippen LogP contribution in [-0.2, 0) is 0 Å². The lowest BCUT2D eigenvalue weighted by Crippen LogP contribution is -2.18. The van der Waals surface area contributed by atoms with Crippen molar-refractivity contribution in [3.05, 3.63) is 39.3 Å². The summed E-state index contributed by atoms with van der Waals surface area (Å²) < 4.78 is 0. The van der Waals surface area contributed by atoms with Crippen LogP contribution >= 0.6 is 11.3 Å². The Morgan fingerprint density at radius 3 is 3.06 bits per heavy atom. The van der Waals surface area contributed by atoms with Crippen LogP contribution in [0.25, 0.3) is 0 Å². The molecule has 2 heterocycles. The van der Waals surface area contributed by atoms with Crippen molar-refractivity contribution in [2.75, 3.05) is 11.9 Å². The standard InChI is InChI=1S/C10H12N4OS/c1-7(10-13-4-5-16-10)6-14-8-9(15)12-3-2-11-8/h2-5,7H,6H2,1H3,(H,11,14)(H,12,15). The molecule has 0 saturated heterocycles. The summed E-state index contributed by atoms with van der Waals surface area (Å²) in [4.78, 5) is 22.1. The predicted molar refractivity (Wildman–Crippen MR) is 63.9 cm³/mol. The molecule has 84 valence electrons. The maximum atomic E-state index is 11.3. The fourth-order valence-corrected chi connectivity index (χ4v) is 1.99. The average molecular weight is 236 g/mol. The number of hydrogen-bond acceptors (Lipinski definition) is 5. The Kier molecular flexibility index (Phi) is 3.31. The van der Waals surface area contributed by atoms with Crippen LogP contribution in [0.15, 0.2) is 28.8 Å². The minimum atomic E-state index is -0.200. The highest BCUT2D eigenvalue weighted by Gasteiger charge is 2.08. The molecule has 2 N–H and O–H groups in total. The summed E-state index contributed by atoms with van der Waals surface area (Å²) in [5.41, 5.74) is -0.200. The van der Waals surface area contributed by atoms with Gasteiger partial charge in [-0.2, -0.15) is 0 Å². The zero-order chi connectivity index (χ0) is 11.4. The van der Waals surface area contributed by atoms with Crippen molar-refractivity contribution in [2.45, 2.75) is 12.8 Å². The third-order valence-corrected chi connectivity index (χ3v) is 3.16. The fraction of sp³-hybridized carbons (Fsp3) is 0.300. The lowest BCUT2D eigenvalue weighted by atomic mass is 10.2. The van der Waals surface area contributed by atoms with Crippen molar-refractivity contribution in [2.24, 2.45) is 0 Å². The van der Waals surface area contributed by atoms with E-state index in [0.717, 1.165) is 5.01 Å². The number of hydrogen-bond donors (Lipinski definition) is 2. The summed E-state index contributed by atoms with van der Waals surface area (Å²) in [6, 6.07) is 0. The second kappa shape index (κ2) is 4.89. The lowest BCUT2D eigenvalue weighted by molar-refractivity contribution is 0.790. The summed E-state index contributed by atoms with van der Waals surface area (Å²) >= 11 is 1.61. The molecule has 0 saturated carbocycles. The molecule has 2 aromatic heterocycles. The molecule has 0 aliphatic rings. The Hall–Kier alpha value is -1.69. The highest BCUT2D eigenvalue weighted by molar-refractivity contribution is 7.09. The van der Waals surface area contributed by atoms with E-state index in [1.165, 1.54) is 6.20 Å². The van der Waals surface area contributed by atoms with Gasteiger partial charge in [-0.25, -0.2) is 9.97 Å². The van der Waals surface area contributed by atoms with E-state index in [1.807, 2.05) is 5.38 Å². The van der Waals surface area contributed by atoms with Gasteiger partial charge in [-0.1, -0.05) is 6.92 Å². The molecule has 0 bridgehead atoms. The molecule has 0 amide bonds. The highest BCUT2D eigenvalue weighted by Crippen LogP contribution is 2.17. The lowest BCUT2D eigenvalue weighted by Gasteiger charge is -2.09. The van der Waals surface area contributed by atoms with Crippen LogP contribution in [0.3, 0.4) is 0 Å². The predicted octanol–water partition coefficient (Wildman–Crippen LogP) is 1.44. The maximum Gasteiger partial charge on any atom is 0.290 e. The molecule has 0 fully saturated rings. The fourth-order valence-electron chi connectivity index (χ4n) is 1.29. The van der Waals surface area contributed by atoms with E-state index in [0.29, 0.717) is 12.4 Å². The second-order valence-electron chi connectivity index (χ2n) is 3.42. The molecule has 16 heavy (non-hydrogen) atoms. The number of thiazole rings is 1. The molecule has 0 aliphatic heterocycles. The SMILES string of the molecule is CC(CNc1ncc[nH]c1=O)c1nccs1. The smallest absolute Gasteiger partial charge is 0.290 e. The molecule has 0 radical (unpaired) electrons. The first kappa shape index (κ1) is 10.8. The van der Waals surface area contributed by atoms with Gasteiger partial charge in [-0.05, 0) is 0 Å². The maximum absolute atomic E-state index is 11.3. The Morgan fingerprint density at radius 2 is 2.38 bits per heavy atom. The van der Waals surface area contributed by atoms with Crippen molar-refractivity contribution in [3.8, 4) is 0 Å². The summed E-state index contributed by atoms with van der Waals surface area (Å²) in [6.07, 6.45) is 4.85. The van der Waals surface area contributed by atoms with E-state index in [-0.39, 0.29) is 11.5 Å². The third-order valence-electron chi connectivity index (χ3n) is 2.16. The monoisotopic (exact) mass is 236 g/mol. The van der Waals surface area contributed by atoms with Crippen LogP contribution in [0.1, 0.15) is 17.8 Å². The van der Waals surface area contributed by atoms with Gasteiger partial charge in [0.05, 0.1) is 5.01 Å². The summed E-state index contributed by atoms with van der Waals surface area (Å²) in [6.45, 7) is 2.70. The molecular weight excluding hydrogens is 224 g/mol. The number of aromatic amines is 1. The Balaban J connectivity index is 1.98. The minimum absolute atomic E-state index is 0.200. The average Bonchev–Trinajstić information content (AvgIpc) is 2.81. The van der Waals surface area contributed by atoms with Gasteiger partial charge >= 0.3 is 0 Å². The van der Waals surface area contributed by atoms with Crippen LogP contribution in [0.4, 0.5) is 5.82 Å². The van der Waals surface area contributed by atoms with Crippen molar-refractivity contribution < 1.29 is 0 Å². The summed E-state index contributed by atoms with van der Waals surface area (Å²) in [5, 5.41) is 6.01. The van der Waals surface area contributed by atoms with Crippen LogP contribution < -0.4 is 10.9 Å². The van der Waals surface area contributed by atoms with E-state index in [2.05, 4.69) is 27.2 Å². The number of rotatable bonds is 4. The van der Waals surface area contributed by atoms with Gasteiger partial charge in [-0.15, -0.1) is 11.3 Å². The van der Waals surface area contributed by atoms with Gasteiger partial charge in [0.1, 0.15) is 0 Å². The zero-order valence-electron chi connectivity index (χ0n) is 8.80. The van der Waals surface area contributed by atoms with E-state index in [9.17, 15) is 4.79 Å². The van der Waals surface area contributed by atoms with Gasteiger partial charge in [0.2, 0.25) is 0 Å². The van der Waals surface area contributed by atoms with Crippen LogP contribution in [0.2, 0.25) is 0 Å². The number of nitrogens with zero attached hydrogens (tertiary/aromatic N) is 2. The van der Waals surface area contributed by atoms with Crippen molar-refractivity contribution in [1.82, 2.24) is 15.0 Å². The molecule has 0 spiro atoms. The first-order chi connectivity index (χ1) is 7.77. The van der Waals surface area contributed by atoms with E-state index in [4.69, 9.17) is 0 Å². The summed E-state index contributed by atoms with van der Waals surface area (Å²) in [7, 11) is 0. The molecule has 0 aromatic carbocycles. The van der Waals surface area contributed by atoms with Gasteiger partial charge in [0, 0.05) is 36.4 Å². The molecule has 1 atom stereocenters. The van der Waals surface area contributed by atoms with Crippen LogP contribution in [0, 0.1) is 0 Å². The Labute approximate surface area is 96.6 Å². The number of aromatic nitrogens is 3. The quantitative estimate of drug-likeness (QED) is 0.842. The number of nitrogens with one attached hydrogen (secondary N) is 2. The zero-order valence-corrected chi connectivity index (χ0v) is 9.62. The van der Waals surface area contributed by atoms with Gasteiger partial charge < -0.3 is 10.3 Å². The first-order valence-corrected chi connectivity index (χ1v) is 5.82. The largest absolute Gasteiger partial charge is 0.365 e. The Morgan fingerprint density at radius 1 is 1.50 bits per heavy atom. The van der Waals surface area contributed by atoms with Crippen LogP contribution in [-0.4, -0.2) is 21.5 Å². The second-order valence-corrected chi connectivity index (χ2v) is 4.35. The normalized spacial score (nSPS) is 12.3. The van der Waals surface area contributed by atoms with E-state index in [1.54, 1.807) is 23.7 Å². The molecule has 0 aliphatic carbocycles. The molecule has 1 unspecified atom stereocenters. The molecule has 5 nitrogen and oxygen atoms in total. The molecule has 2 aromatic rings.